The molecule has 2 amide bonds. The van der Waals surface area contributed by atoms with Gasteiger partial charge in [0.2, 0.25) is 0 Å². The van der Waals surface area contributed by atoms with Crippen molar-refractivity contribution in [1.82, 2.24) is 4.90 Å². The monoisotopic (exact) mass is 436 g/mol. The standard InChI is InChI=1S/C22H20N4O6/c1-31-22(30)18(24-25-23)17(32-21(29)14-8-3-2-4-9-14)12-7-13-26-19(27)15-10-5-6-11-16(15)20(26)28/h2-6,8-11,17-18H,7,12-13H2,1H3/t17-,18+/m1/s1. The number of carbonyl (C=O) groups excluding carboxylic acids is 4. The van der Waals surface area contributed by atoms with Crippen LogP contribution in [0, 0.1) is 0 Å². The molecule has 0 radical (unpaired) electrons. The zero-order valence-electron chi connectivity index (χ0n) is 17.2. The summed E-state index contributed by atoms with van der Waals surface area (Å²) < 4.78 is 10.1. The molecular formula is C22H20N4O6. The number of methoxy groups -OCH3 is 1. The van der Waals surface area contributed by atoms with Crippen molar-refractivity contribution in [3.8, 4) is 0 Å². The Labute approximate surface area is 183 Å². The summed E-state index contributed by atoms with van der Waals surface area (Å²) in [6, 6.07) is 13.2. The minimum absolute atomic E-state index is 0.0376. The topological polar surface area (TPSA) is 139 Å². The molecule has 0 aliphatic carbocycles. The van der Waals surface area contributed by atoms with Crippen molar-refractivity contribution >= 4 is 23.8 Å². The highest BCUT2D eigenvalue weighted by atomic mass is 16.6. The van der Waals surface area contributed by atoms with Gasteiger partial charge in [0.05, 0.1) is 23.8 Å². The molecule has 0 saturated heterocycles. The average Bonchev–Trinajstić information content (AvgIpc) is 3.07. The van der Waals surface area contributed by atoms with Gasteiger partial charge in [0, 0.05) is 11.5 Å². The molecule has 0 unspecified atom stereocenters. The number of esters is 2. The molecule has 3 rings (SSSR count). The molecule has 32 heavy (non-hydrogen) atoms. The summed E-state index contributed by atoms with van der Waals surface area (Å²) in [7, 11) is 1.12. The molecule has 1 aliphatic heterocycles. The molecule has 2 atom stereocenters. The number of amides is 2. The Morgan fingerprint density at radius 1 is 1.03 bits per heavy atom. The summed E-state index contributed by atoms with van der Waals surface area (Å²) in [5.41, 5.74) is 9.76. The van der Waals surface area contributed by atoms with Crippen LogP contribution in [-0.4, -0.2) is 54.5 Å². The number of nitrogens with zero attached hydrogens (tertiary/aromatic N) is 4. The van der Waals surface area contributed by atoms with Gasteiger partial charge in [0.15, 0.2) is 6.04 Å². The van der Waals surface area contributed by atoms with Crippen molar-refractivity contribution in [3.63, 3.8) is 0 Å². The SMILES string of the molecule is COC(=O)[C@@H](N=[N+]=[N-])[C@@H](CCCN1C(=O)c2ccccc2C1=O)OC(=O)c1ccccc1. The predicted octanol–water partition coefficient (Wildman–Crippen LogP) is 3.14. The van der Waals surface area contributed by atoms with Crippen molar-refractivity contribution in [1.29, 1.82) is 0 Å². The summed E-state index contributed by atoms with van der Waals surface area (Å²) in [6.07, 6.45) is -0.904. The summed E-state index contributed by atoms with van der Waals surface area (Å²) in [5.74, 6) is -2.40. The first-order chi connectivity index (χ1) is 15.5. The van der Waals surface area contributed by atoms with Crippen LogP contribution in [0.4, 0.5) is 0 Å². The van der Waals surface area contributed by atoms with Gasteiger partial charge < -0.3 is 9.47 Å². The fourth-order valence-corrected chi connectivity index (χ4v) is 3.40. The van der Waals surface area contributed by atoms with E-state index in [1.54, 1.807) is 54.6 Å². The fourth-order valence-electron chi connectivity index (χ4n) is 3.40. The van der Waals surface area contributed by atoms with Gasteiger partial charge in [-0.3, -0.25) is 19.3 Å². The first kappa shape index (κ1) is 22.5. The highest BCUT2D eigenvalue weighted by Gasteiger charge is 2.36. The van der Waals surface area contributed by atoms with Gasteiger partial charge >= 0.3 is 11.9 Å². The van der Waals surface area contributed by atoms with E-state index in [1.165, 1.54) is 0 Å². The van der Waals surface area contributed by atoms with E-state index in [9.17, 15) is 19.2 Å². The molecule has 1 aliphatic rings. The van der Waals surface area contributed by atoms with E-state index in [1.807, 2.05) is 0 Å². The van der Waals surface area contributed by atoms with E-state index in [2.05, 4.69) is 14.8 Å². The van der Waals surface area contributed by atoms with Crippen LogP contribution in [-0.2, 0) is 14.3 Å². The number of benzene rings is 2. The summed E-state index contributed by atoms with van der Waals surface area (Å²) >= 11 is 0. The third-order valence-electron chi connectivity index (χ3n) is 4.99. The van der Waals surface area contributed by atoms with Crippen LogP contribution in [0.5, 0.6) is 0 Å². The normalized spacial score (nSPS) is 14.2. The molecular weight excluding hydrogens is 416 g/mol. The maximum atomic E-state index is 12.5. The molecule has 2 aromatic carbocycles. The maximum Gasteiger partial charge on any atom is 0.338 e. The maximum absolute atomic E-state index is 12.5. The predicted molar refractivity (Wildman–Crippen MR) is 112 cm³/mol. The van der Waals surface area contributed by atoms with E-state index < -0.39 is 35.9 Å². The number of hydrogen-bond donors (Lipinski definition) is 0. The van der Waals surface area contributed by atoms with Crippen LogP contribution < -0.4 is 0 Å². The quantitative estimate of drug-likeness (QED) is 0.195. The van der Waals surface area contributed by atoms with Crippen molar-refractivity contribution in [2.45, 2.75) is 25.0 Å². The summed E-state index contributed by atoms with van der Waals surface area (Å²) in [6.45, 7) is 0.0376. The van der Waals surface area contributed by atoms with Crippen LogP contribution in [0.1, 0.15) is 43.9 Å². The van der Waals surface area contributed by atoms with Gasteiger partial charge in [-0.1, -0.05) is 35.4 Å². The van der Waals surface area contributed by atoms with Crippen molar-refractivity contribution in [3.05, 3.63) is 81.7 Å². The molecule has 0 fully saturated rings. The van der Waals surface area contributed by atoms with E-state index in [-0.39, 0.29) is 24.9 Å². The lowest BCUT2D eigenvalue weighted by molar-refractivity contribution is -0.145. The second-order valence-corrected chi connectivity index (χ2v) is 6.93. The Hall–Kier alpha value is -4.17. The van der Waals surface area contributed by atoms with E-state index in [0.717, 1.165) is 12.0 Å². The minimum Gasteiger partial charge on any atom is -0.469 e. The zero-order chi connectivity index (χ0) is 23.1. The van der Waals surface area contributed by atoms with E-state index in [4.69, 9.17) is 10.3 Å². The lowest BCUT2D eigenvalue weighted by atomic mass is 10.1. The number of ether oxygens (including phenoxy) is 2. The number of imide groups is 1. The second-order valence-electron chi connectivity index (χ2n) is 6.93. The Bertz CT molecular complexity index is 1050. The molecule has 164 valence electrons. The molecule has 0 spiro atoms. The van der Waals surface area contributed by atoms with Crippen molar-refractivity contribution < 1.29 is 28.7 Å². The fraction of sp³-hybridized carbons (Fsp3) is 0.273. The van der Waals surface area contributed by atoms with Crippen LogP contribution in [0.2, 0.25) is 0 Å². The highest BCUT2D eigenvalue weighted by molar-refractivity contribution is 6.21. The zero-order valence-corrected chi connectivity index (χ0v) is 17.2. The Morgan fingerprint density at radius 2 is 1.62 bits per heavy atom. The van der Waals surface area contributed by atoms with Gasteiger partial charge in [-0.15, -0.1) is 0 Å². The van der Waals surface area contributed by atoms with Crippen LogP contribution in [0.3, 0.4) is 0 Å². The summed E-state index contributed by atoms with van der Waals surface area (Å²) in [4.78, 5) is 53.4. The van der Waals surface area contributed by atoms with Gasteiger partial charge in [-0.05, 0) is 42.6 Å². The first-order valence-electron chi connectivity index (χ1n) is 9.81. The Kier molecular flexibility index (Phi) is 7.20. The number of carbonyl (C=O) groups is 4. The van der Waals surface area contributed by atoms with E-state index in [0.29, 0.717) is 11.1 Å². The second kappa shape index (κ2) is 10.2. The van der Waals surface area contributed by atoms with E-state index >= 15 is 0 Å². The molecule has 2 aromatic rings. The highest BCUT2D eigenvalue weighted by Crippen LogP contribution is 2.23. The van der Waals surface area contributed by atoms with Gasteiger partial charge in [0.25, 0.3) is 11.8 Å². The van der Waals surface area contributed by atoms with Crippen molar-refractivity contribution in [2.75, 3.05) is 13.7 Å². The number of fused-ring (bicyclic) bond motifs is 1. The third kappa shape index (κ3) is 4.76. The van der Waals surface area contributed by atoms with Gasteiger partial charge in [-0.25, -0.2) is 4.79 Å². The average molecular weight is 436 g/mol. The largest absolute Gasteiger partial charge is 0.469 e. The number of rotatable bonds is 9. The minimum atomic E-state index is -1.42. The summed E-state index contributed by atoms with van der Waals surface area (Å²) in [5, 5.41) is 3.44. The molecule has 0 aromatic heterocycles. The molecule has 0 N–H and O–H groups in total. The number of hydrogen-bond acceptors (Lipinski definition) is 7. The Balaban J connectivity index is 1.73. The lowest BCUT2D eigenvalue weighted by Gasteiger charge is -2.23. The smallest absolute Gasteiger partial charge is 0.338 e. The third-order valence-corrected chi connectivity index (χ3v) is 4.99. The lowest BCUT2D eigenvalue weighted by Crippen LogP contribution is -2.38. The first-order valence-corrected chi connectivity index (χ1v) is 9.81. The van der Waals surface area contributed by atoms with Gasteiger partial charge in [0.1, 0.15) is 6.10 Å². The molecule has 0 bridgehead atoms. The van der Waals surface area contributed by atoms with Crippen LogP contribution in [0.25, 0.3) is 10.4 Å². The Morgan fingerprint density at radius 3 is 2.19 bits per heavy atom. The van der Waals surface area contributed by atoms with Crippen LogP contribution in [0.15, 0.2) is 59.7 Å². The molecule has 10 heteroatoms. The molecule has 10 nitrogen and oxygen atoms in total. The molecule has 0 saturated carbocycles. The van der Waals surface area contributed by atoms with Crippen molar-refractivity contribution in [2.24, 2.45) is 5.11 Å². The number of azide groups is 1. The van der Waals surface area contributed by atoms with Crippen LogP contribution >= 0.6 is 0 Å². The van der Waals surface area contributed by atoms with Gasteiger partial charge in [-0.2, -0.15) is 0 Å². The molecule has 1 heterocycles.